The third-order valence-electron chi connectivity index (χ3n) is 6.37. The van der Waals surface area contributed by atoms with Crippen molar-refractivity contribution in [1.29, 1.82) is 0 Å². The maximum atomic E-state index is 13.9. The number of hydrogen-bond donors (Lipinski definition) is 1. The Morgan fingerprint density at radius 3 is 2.15 bits per heavy atom. The van der Waals surface area contributed by atoms with Crippen LogP contribution in [0.25, 0.3) is 0 Å². The van der Waals surface area contributed by atoms with Crippen molar-refractivity contribution in [3.63, 3.8) is 0 Å². The molecule has 0 saturated heterocycles. The van der Waals surface area contributed by atoms with Gasteiger partial charge in [-0.15, -0.1) is 0 Å². The first-order chi connectivity index (χ1) is 18.6. The number of nitrogens with one attached hydrogen (secondary N) is 1. The van der Waals surface area contributed by atoms with Crippen LogP contribution in [0.3, 0.4) is 0 Å². The Morgan fingerprint density at radius 2 is 1.56 bits per heavy atom. The van der Waals surface area contributed by atoms with Crippen LogP contribution in [0.15, 0.2) is 78.9 Å². The minimum Gasteiger partial charge on any atom is -0.354 e. The van der Waals surface area contributed by atoms with Gasteiger partial charge in [-0.05, 0) is 48.7 Å². The van der Waals surface area contributed by atoms with Crippen LogP contribution in [-0.2, 0) is 32.6 Å². The van der Waals surface area contributed by atoms with E-state index in [4.69, 9.17) is 0 Å². The highest BCUT2D eigenvalue weighted by Crippen LogP contribution is 2.21. The normalized spacial score (nSPS) is 12.0. The maximum absolute atomic E-state index is 13.9. The third-order valence-corrected chi connectivity index (χ3v) is 7.51. The summed E-state index contributed by atoms with van der Waals surface area (Å²) in [5.74, 6) is -1.29. The summed E-state index contributed by atoms with van der Waals surface area (Å²) in [6, 6.07) is 20.9. The number of aryl methyl sites for hydroxylation is 1. The first-order valence-corrected chi connectivity index (χ1v) is 14.8. The molecule has 0 bridgehead atoms. The summed E-state index contributed by atoms with van der Waals surface area (Å²) in [4.78, 5) is 28.8. The van der Waals surface area contributed by atoms with Crippen LogP contribution in [0.4, 0.5) is 10.1 Å². The molecule has 0 aliphatic rings. The van der Waals surface area contributed by atoms with Crippen LogP contribution in [0.2, 0.25) is 0 Å². The monoisotopic (exact) mass is 553 g/mol. The van der Waals surface area contributed by atoms with Gasteiger partial charge in [0.2, 0.25) is 21.8 Å². The number of unbranched alkanes of at least 4 members (excludes halogenated alkanes) is 1. The molecule has 3 aromatic carbocycles. The maximum Gasteiger partial charge on any atom is 0.244 e. The summed E-state index contributed by atoms with van der Waals surface area (Å²) < 4.78 is 40.2. The van der Waals surface area contributed by atoms with Crippen LogP contribution in [0.5, 0.6) is 0 Å². The van der Waals surface area contributed by atoms with E-state index >= 15 is 0 Å². The zero-order chi connectivity index (χ0) is 28.4. The minimum atomic E-state index is -3.82. The van der Waals surface area contributed by atoms with E-state index in [2.05, 4.69) is 5.32 Å². The van der Waals surface area contributed by atoms with E-state index in [9.17, 15) is 22.4 Å². The van der Waals surface area contributed by atoms with Crippen molar-refractivity contribution in [3.8, 4) is 0 Å². The summed E-state index contributed by atoms with van der Waals surface area (Å²) in [6.45, 7) is 3.87. The molecule has 1 atom stereocenters. The molecule has 3 aromatic rings. The smallest absolute Gasteiger partial charge is 0.244 e. The van der Waals surface area contributed by atoms with Crippen molar-refractivity contribution < 1.29 is 22.4 Å². The Bertz CT molecular complexity index is 1330. The SMILES string of the molecule is CCCCNC(=O)[C@@H](Cc1ccccc1)N(Cc1ccc(F)cc1)C(=O)CN(c1ccc(C)cc1)S(C)(=O)=O. The number of benzene rings is 3. The molecule has 9 heteroatoms. The van der Waals surface area contributed by atoms with E-state index in [1.165, 1.54) is 17.0 Å². The number of carbonyl (C=O) groups is 2. The molecule has 0 spiro atoms. The summed E-state index contributed by atoms with van der Waals surface area (Å²) >= 11 is 0. The Balaban J connectivity index is 2.01. The van der Waals surface area contributed by atoms with Gasteiger partial charge in [-0.25, -0.2) is 12.8 Å². The number of sulfonamides is 1. The highest BCUT2D eigenvalue weighted by molar-refractivity contribution is 7.92. The Labute approximate surface area is 230 Å². The molecule has 208 valence electrons. The van der Waals surface area contributed by atoms with Crippen molar-refractivity contribution in [2.45, 2.75) is 45.7 Å². The molecule has 1 N–H and O–H groups in total. The lowest BCUT2D eigenvalue weighted by atomic mass is 10.0. The highest BCUT2D eigenvalue weighted by Gasteiger charge is 2.32. The fraction of sp³-hybridized carbons (Fsp3) is 0.333. The molecule has 0 unspecified atom stereocenters. The number of halogens is 1. The number of rotatable bonds is 13. The van der Waals surface area contributed by atoms with Gasteiger partial charge in [-0.2, -0.15) is 0 Å². The Morgan fingerprint density at radius 1 is 0.923 bits per heavy atom. The molecule has 3 rings (SSSR count). The van der Waals surface area contributed by atoms with E-state index in [1.54, 1.807) is 36.4 Å². The number of nitrogens with zero attached hydrogens (tertiary/aromatic N) is 2. The zero-order valence-corrected chi connectivity index (χ0v) is 23.5. The molecule has 0 saturated carbocycles. The first-order valence-electron chi connectivity index (χ1n) is 13.0. The van der Waals surface area contributed by atoms with E-state index in [-0.39, 0.29) is 18.9 Å². The van der Waals surface area contributed by atoms with Crippen molar-refractivity contribution in [2.75, 3.05) is 23.7 Å². The zero-order valence-electron chi connectivity index (χ0n) is 22.6. The summed E-state index contributed by atoms with van der Waals surface area (Å²) in [7, 11) is -3.82. The molecule has 0 aromatic heterocycles. The standard InChI is InChI=1S/C30H36FN3O4S/c1-4-5-19-32-30(36)28(20-24-9-7-6-8-10-24)33(21-25-13-15-26(31)16-14-25)29(35)22-34(39(3,37)38)27-17-11-23(2)12-18-27/h6-18,28H,4-5,19-22H2,1-3H3,(H,32,36)/t28-/m1/s1. The fourth-order valence-electron chi connectivity index (χ4n) is 4.17. The third kappa shape index (κ3) is 8.92. The fourth-order valence-corrected chi connectivity index (χ4v) is 5.02. The van der Waals surface area contributed by atoms with Gasteiger partial charge >= 0.3 is 0 Å². The van der Waals surface area contributed by atoms with Gasteiger partial charge in [-0.3, -0.25) is 13.9 Å². The molecular weight excluding hydrogens is 517 g/mol. The average molecular weight is 554 g/mol. The number of carbonyl (C=O) groups excluding carboxylic acids is 2. The van der Waals surface area contributed by atoms with E-state index in [0.717, 1.165) is 34.5 Å². The van der Waals surface area contributed by atoms with Crippen molar-refractivity contribution >= 4 is 27.5 Å². The predicted molar refractivity (Wildman–Crippen MR) is 152 cm³/mol. The van der Waals surface area contributed by atoms with Crippen LogP contribution in [-0.4, -0.2) is 50.5 Å². The quantitative estimate of drug-likeness (QED) is 0.317. The van der Waals surface area contributed by atoms with Gasteiger partial charge in [0.15, 0.2) is 0 Å². The van der Waals surface area contributed by atoms with Gasteiger partial charge in [0.05, 0.1) is 11.9 Å². The number of amides is 2. The Kier molecular flexibility index (Phi) is 10.6. The molecule has 0 radical (unpaired) electrons. The van der Waals surface area contributed by atoms with Gasteiger partial charge in [0.25, 0.3) is 0 Å². The topological polar surface area (TPSA) is 86.8 Å². The first kappa shape index (κ1) is 29.8. The van der Waals surface area contributed by atoms with Crippen molar-refractivity contribution in [3.05, 3.63) is 101 Å². The lowest BCUT2D eigenvalue weighted by Gasteiger charge is -2.33. The molecule has 2 amide bonds. The van der Waals surface area contributed by atoms with Gasteiger partial charge < -0.3 is 10.2 Å². The second-order valence-electron chi connectivity index (χ2n) is 9.60. The second-order valence-corrected chi connectivity index (χ2v) is 11.5. The van der Waals surface area contributed by atoms with E-state index in [1.807, 2.05) is 44.2 Å². The van der Waals surface area contributed by atoms with Crippen molar-refractivity contribution in [2.24, 2.45) is 0 Å². The predicted octanol–water partition coefficient (Wildman–Crippen LogP) is 4.46. The highest BCUT2D eigenvalue weighted by atomic mass is 32.2. The van der Waals surface area contributed by atoms with Gasteiger partial charge in [-0.1, -0.05) is 73.5 Å². The molecule has 0 fully saturated rings. The van der Waals surface area contributed by atoms with Crippen LogP contribution in [0, 0.1) is 12.7 Å². The van der Waals surface area contributed by atoms with Crippen LogP contribution < -0.4 is 9.62 Å². The van der Waals surface area contributed by atoms with Crippen molar-refractivity contribution in [1.82, 2.24) is 10.2 Å². The molecular formula is C30H36FN3O4S. The van der Waals surface area contributed by atoms with E-state index in [0.29, 0.717) is 17.8 Å². The molecule has 0 heterocycles. The van der Waals surface area contributed by atoms with Gasteiger partial charge in [0, 0.05) is 19.5 Å². The summed E-state index contributed by atoms with van der Waals surface area (Å²) in [6.07, 6.45) is 2.95. The second kappa shape index (κ2) is 13.9. The molecule has 39 heavy (non-hydrogen) atoms. The molecule has 7 nitrogen and oxygen atoms in total. The largest absolute Gasteiger partial charge is 0.354 e. The molecule has 0 aliphatic carbocycles. The summed E-state index contributed by atoms with van der Waals surface area (Å²) in [5.41, 5.74) is 2.77. The number of hydrogen-bond acceptors (Lipinski definition) is 4. The summed E-state index contributed by atoms with van der Waals surface area (Å²) in [5, 5.41) is 2.93. The van der Waals surface area contributed by atoms with Gasteiger partial charge in [0.1, 0.15) is 18.4 Å². The van der Waals surface area contributed by atoms with Crippen LogP contribution >= 0.6 is 0 Å². The minimum absolute atomic E-state index is 0.00328. The Hall–Kier alpha value is -3.72. The van der Waals surface area contributed by atoms with E-state index < -0.39 is 34.3 Å². The molecule has 0 aliphatic heterocycles. The lowest BCUT2D eigenvalue weighted by molar-refractivity contribution is -0.140. The average Bonchev–Trinajstić information content (AvgIpc) is 2.91. The van der Waals surface area contributed by atoms with Crippen LogP contribution in [0.1, 0.15) is 36.5 Å². The number of anilines is 1. The lowest BCUT2D eigenvalue weighted by Crippen LogP contribution is -2.53.